The topological polar surface area (TPSA) is 48.4 Å². The molecule has 0 amide bonds. The largest absolute Gasteiger partial charge is 0.466 e. The van der Waals surface area contributed by atoms with E-state index in [0.717, 1.165) is 11.3 Å². The predicted molar refractivity (Wildman–Crippen MR) is 93.7 cm³/mol. The molecule has 0 fully saturated rings. The van der Waals surface area contributed by atoms with Crippen LogP contribution in [0.1, 0.15) is 51.5 Å². The molecule has 2 atom stereocenters. The number of aromatic nitrogens is 1. The number of carbonyl (C=O) groups is 1. The smallest absolute Gasteiger partial charge is 0.309 e. The molecule has 5 heteroatoms. The molecule has 1 aliphatic rings. The molecule has 1 aromatic rings. The van der Waals surface area contributed by atoms with Gasteiger partial charge in [-0.2, -0.15) is 0 Å². The number of nitrogens with zero attached hydrogens (tertiary/aromatic N) is 1. The fraction of sp³-hybridized carbons (Fsp3) is 0.667. The fourth-order valence-electron chi connectivity index (χ4n) is 2.71. The number of esters is 1. The second-order valence-electron chi connectivity index (χ2n) is 7.80. The van der Waals surface area contributed by atoms with Crippen LogP contribution in [0.25, 0.3) is 0 Å². The van der Waals surface area contributed by atoms with E-state index in [2.05, 4.69) is 44.9 Å². The van der Waals surface area contributed by atoms with Gasteiger partial charge in [0.2, 0.25) is 0 Å². The van der Waals surface area contributed by atoms with Gasteiger partial charge in [-0.15, -0.1) is 0 Å². The molecule has 1 aliphatic carbocycles. The summed E-state index contributed by atoms with van der Waals surface area (Å²) in [6, 6.07) is 3.98. The first-order chi connectivity index (χ1) is 10.7. The van der Waals surface area contributed by atoms with E-state index in [9.17, 15) is 4.79 Å². The summed E-state index contributed by atoms with van der Waals surface area (Å²) in [6.07, 6.45) is 3.05. The van der Waals surface area contributed by atoms with E-state index >= 15 is 0 Å². The minimum absolute atomic E-state index is 0.116. The number of fused-ring (bicyclic) bond motifs is 1. The van der Waals surface area contributed by atoms with Gasteiger partial charge in [0.1, 0.15) is 0 Å². The van der Waals surface area contributed by atoms with Crippen molar-refractivity contribution in [3.05, 3.63) is 29.6 Å². The molecule has 4 nitrogen and oxygen atoms in total. The van der Waals surface area contributed by atoms with Crippen molar-refractivity contribution in [1.82, 2.24) is 4.98 Å². The van der Waals surface area contributed by atoms with Crippen molar-refractivity contribution in [2.75, 3.05) is 6.61 Å². The van der Waals surface area contributed by atoms with Crippen molar-refractivity contribution >= 4 is 14.3 Å². The summed E-state index contributed by atoms with van der Waals surface area (Å²) < 4.78 is 11.8. The number of hydrogen-bond acceptors (Lipinski definition) is 4. The zero-order valence-electron chi connectivity index (χ0n) is 15.2. The lowest BCUT2D eigenvalue weighted by atomic mass is 9.85. The SMILES string of the molecule is CCOC(=O)C1Cc2cccnc2[C@@H](O[Si](C)(C)C(C)(C)C)C1. The van der Waals surface area contributed by atoms with Crippen LogP contribution in [-0.2, 0) is 20.4 Å². The van der Waals surface area contributed by atoms with Gasteiger partial charge in [0, 0.05) is 6.20 Å². The zero-order chi connectivity index (χ0) is 17.3. The van der Waals surface area contributed by atoms with Crippen molar-refractivity contribution in [3.8, 4) is 0 Å². The van der Waals surface area contributed by atoms with E-state index in [0.29, 0.717) is 19.4 Å². The Balaban J connectivity index is 2.28. The Bertz CT molecular complexity index is 566. The summed E-state index contributed by atoms with van der Waals surface area (Å²) in [5.74, 6) is -0.257. The van der Waals surface area contributed by atoms with Crippen LogP contribution in [0, 0.1) is 5.92 Å². The molecule has 0 N–H and O–H groups in total. The van der Waals surface area contributed by atoms with Crippen molar-refractivity contribution in [2.45, 2.75) is 64.8 Å². The first-order valence-electron chi connectivity index (χ1n) is 8.44. The molecule has 1 unspecified atom stereocenters. The third kappa shape index (κ3) is 4.01. The van der Waals surface area contributed by atoms with Gasteiger partial charge in [-0.1, -0.05) is 26.8 Å². The number of pyridine rings is 1. The van der Waals surface area contributed by atoms with E-state index < -0.39 is 8.32 Å². The highest BCUT2D eigenvalue weighted by molar-refractivity contribution is 6.74. The molecular formula is C18H29NO3Si. The molecule has 0 aliphatic heterocycles. The Morgan fingerprint density at radius 1 is 1.39 bits per heavy atom. The maximum absolute atomic E-state index is 12.2. The second kappa shape index (κ2) is 6.73. The van der Waals surface area contributed by atoms with Crippen LogP contribution >= 0.6 is 0 Å². The highest BCUT2D eigenvalue weighted by Gasteiger charge is 2.42. The highest BCUT2D eigenvalue weighted by Crippen LogP contribution is 2.43. The average molecular weight is 336 g/mol. The van der Waals surface area contributed by atoms with Crippen molar-refractivity contribution in [2.24, 2.45) is 5.92 Å². The summed E-state index contributed by atoms with van der Waals surface area (Å²) in [7, 11) is -1.94. The maximum atomic E-state index is 12.2. The van der Waals surface area contributed by atoms with Crippen LogP contribution in [0.2, 0.25) is 18.1 Å². The lowest BCUT2D eigenvalue weighted by Gasteiger charge is -2.41. The normalized spacial score (nSPS) is 21.7. The highest BCUT2D eigenvalue weighted by atomic mass is 28.4. The van der Waals surface area contributed by atoms with E-state index in [4.69, 9.17) is 9.16 Å². The number of rotatable bonds is 4. The monoisotopic (exact) mass is 335 g/mol. The molecule has 23 heavy (non-hydrogen) atoms. The predicted octanol–water partition coefficient (Wildman–Crippen LogP) is 4.27. The third-order valence-corrected chi connectivity index (χ3v) is 9.55. The molecule has 0 saturated carbocycles. The van der Waals surface area contributed by atoms with Crippen molar-refractivity contribution in [3.63, 3.8) is 0 Å². The Kier molecular flexibility index (Phi) is 5.31. The Labute approximate surface area is 140 Å². The number of carbonyl (C=O) groups excluding carboxylic acids is 1. The Morgan fingerprint density at radius 2 is 2.09 bits per heavy atom. The number of hydrogen-bond donors (Lipinski definition) is 0. The molecule has 0 saturated heterocycles. The molecule has 1 aromatic heterocycles. The van der Waals surface area contributed by atoms with E-state index in [-0.39, 0.29) is 23.0 Å². The first-order valence-corrected chi connectivity index (χ1v) is 11.3. The molecule has 0 radical (unpaired) electrons. The Hall–Kier alpha value is -1.20. The molecular weight excluding hydrogens is 306 g/mol. The summed E-state index contributed by atoms with van der Waals surface area (Å²) >= 11 is 0. The van der Waals surface area contributed by atoms with Gasteiger partial charge in [0.15, 0.2) is 8.32 Å². The summed E-state index contributed by atoms with van der Waals surface area (Å²) in [6.45, 7) is 13.4. The van der Waals surface area contributed by atoms with Gasteiger partial charge in [-0.05, 0) is 49.5 Å². The molecule has 0 bridgehead atoms. The van der Waals surface area contributed by atoms with E-state index in [1.807, 2.05) is 19.2 Å². The molecule has 0 aromatic carbocycles. The van der Waals surface area contributed by atoms with Gasteiger partial charge in [0.25, 0.3) is 0 Å². The van der Waals surface area contributed by atoms with Crippen LogP contribution in [0.15, 0.2) is 18.3 Å². The molecule has 128 valence electrons. The van der Waals surface area contributed by atoms with Crippen LogP contribution < -0.4 is 0 Å². The summed E-state index contributed by atoms with van der Waals surface area (Å²) in [5, 5.41) is 0.124. The van der Waals surface area contributed by atoms with Crippen LogP contribution in [0.3, 0.4) is 0 Å². The molecule has 2 rings (SSSR count). The fourth-order valence-corrected chi connectivity index (χ4v) is 3.98. The Morgan fingerprint density at radius 3 is 2.70 bits per heavy atom. The standard InChI is InChI=1S/C18H29NO3Si/c1-7-21-17(20)14-11-13-9-8-10-19-16(13)15(12-14)22-23(5,6)18(2,3)4/h8-10,14-15H,7,11-12H2,1-6H3/t14?,15-/m0/s1. The molecule has 1 heterocycles. The van der Waals surface area contributed by atoms with Crippen LogP contribution in [0.4, 0.5) is 0 Å². The summed E-state index contributed by atoms with van der Waals surface area (Å²) in [4.78, 5) is 16.8. The van der Waals surface area contributed by atoms with Crippen molar-refractivity contribution in [1.29, 1.82) is 0 Å². The van der Waals surface area contributed by atoms with Gasteiger partial charge in [-0.3, -0.25) is 9.78 Å². The third-order valence-electron chi connectivity index (χ3n) is 5.06. The second-order valence-corrected chi connectivity index (χ2v) is 12.6. The summed E-state index contributed by atoms with van der Waals surface area (Å²) in [5.41, 5.74) is 2.11. The zero-order valence-corrected chi connectivity index (χ0v) is 16.2. The van der Waals surface area contributed by atoms with Gasteiger partial charge in [-0.25, -0.2) is 0 Å². The lowest BCUT2D eigenvalue weighted by Crippen LogP contribution is -2.43. The first kappa shape index (κ1) is 18.1. The molecule has 0 spiro atoms. The van der Waals surface area contributed by atoms with Gasteiger partial charge >= 0.3 is 5.97 Å². The van der Waals surface area contributed by atoms with Gasteiger partial charge < -0.3 is 9.16 Å². The lowest BCUT2D eigenvalue weighted by molar-refractivity contribution is -0.149. The minimum atomic E-state index is -1.94. The van der Waals surface area contributed by atoms with Gasteiger partial charge in [0.05, 0.1) is 24.3 Å². The van der Waals surface area contributed by atoms with E-state index in [1.165, 1.54) is 0 Å². The van der Waals surface area contributed by atoms with Crippen molar-refractivity contribution < 1.29 is 14.0 Å². The van der Waals surface area contributed by atoms with E-state index in [1.54, 1.807) is 0 Å². The quantitative estimate of drug-likeness (QED) is 0.609. The average Bonchev–Trinajstić information content (AvgIpc) is 2.46. The maximum Gasteiger partial charge on any atom is 0.309 e. The van der Waals surface area contributed by atoms with Crippen LogP contribution in [-0.4, -0.2) is 25.9 Å². The number of ether oxygens (including phenoxy) is 1. The minimum Gasteiger partial charge on any atom is -0.466 e. The van der Waals surface area contributed by atoms with Crippen LogP contribution in [0.5, 0.6) is 0 Å².